The summed E-state index contributed by atoms with van der Waals surface area (Å²) in [4.78, 5) is 1.11. The van der Waals surface area contributed by atoms with Crippen LogP contribution in [0.1, 0.15) is 4.88 Å². The molecule has 2 rings (SSSR count). The van der Waals surface area contributed by atoms with Crippen LogP contribution in [0, 0.1) is 0 Å². The Hall–Kier alpha value is -0.610. The van der Waals surface area contributed by atoms with E-state index < -0.39 is 0 Å². The SMILES string of the molecule is Oc1c(Cl)cc(NCc2ccc(Cl)s2)cc1Cl. The van der Waals surface area contributed by atoms with Crippen molar-refractivity contribution in [2.75, 3.05) is 5.32 Å². The van der Waals surface area contributed by atoms with Gasteiger partial charge in [-0.25, -0.2) is 0 Å². The highest BCUT2D eigenvalue weighted by atomic mass is 35.5. The zero-order valence-electron chi connectivity index (χ0n) is 8.51. The van der Waals surface area contributed by atoms with Gasteiger partial charge in [0.2, 0.25) is 0 Å². The quantitative estimate of drug-likeness (QED) is 0.780. The molecule has 0 aliphatic carbocycles. The third-order valence-corrected chi connectivity index (χ3v) is 3.92. The van der Waals surface area contributed by atoms with E-state index in [0.29, 0.717) is 6.54 Å². The van der Waals surface area contributed by atoms with Gasteiger partial charge < -0.3 is 10.4 Å². The van der Waals surface area contributed by atoms with E-state index in [1.54, 1.807) is 12.1 Å². The van der Waals surface area contributed by atoms with Crippen molar-refractivity contribution >= 4 is 51.8 Å². The van der Waals surface area contributed by atoms with Gasteiger partial charge in [-0.05, 0) is 24.3 Å². The Morgan fingerprint density at radius 3 is 2.29 bits per heavy atom. The van der Waals surface area contributed by atoms with Crippen molar-refractivity contribution in [1.29, 1.82) is 0 Å². The maximum atomic E-state index is 9.41. The molecule has 17 heavy (non-hydrogen) atoms. The second kappa shape index (κ2) is 5.36. The first-order valence-electron chi connectivity index (χ1n) is 4.72. The summed E-state index contributed by atoms with van der Waals surface area (Å²) >= 11 is 19.0. The van der Waals surface area contributed by atoms with Gasteiger partial charge in [-0.15, -0.1) is 11.3 Å². The maximum absolute atomic E-state index is 9.41. The van der Waals surface area contributed by atoms with Gasteiger partial charge in [-0.1, -0.05) is 34.8 Å². The van der Waals surface area contributed by atoms with E-state index in [9.17, 15) is 5.11 Å². The van der Waals surface area contributed by atoms with Crippen molar-refractivity contribution in [3.05, 3.63) is 43.5 Å². The summed E-state index contributed by atoms with van der Waals surface area (Å²) < 4.78 is 0.753. The summed E-state index contributed by atoms with van der Waals surface area (Å²) in [5.41, 5.74) is 0.752. The van der Waals surface area contributed by atoms with E-state index >= 15 is 0 Å². The molecule has 0 saturated heterocycles. The van der Waals surface area contributed by atoms with E-state index in [2.05, 4.69) is 5.32 Å². The molecule has 0 saturated carbocycles. The second-order valence-corrected chi connectivity index (χ2v) is 5.96. The molecular weight excluding hydrogens is 301 g/mol. The van der Waals surface area contributed by atoms with Crippen LogP contribution in [0.15, 0.2) is 24.3 Å². The number of aromatic hydroxyl groups is 1. The van der Waals surface area contributed by atoms with Crippen LogP contribution < -0.4 is 5.32 Å². The lowest BCUT2D eigenvalue weighted by atomic mass is 10.3. The molecule has 2 nitrogen and oxygen atoms in total. The van der Waals surface area contributed by atoms with Crippen LogP contribution in [-0.2, 0) is 6.54 Å². The third kappa shape index (κ3) is 3.19. The molecule has 2 aromatic rings. The fourth-order valence-corrected chi connectivity index (χ4v) is 2.82. The van der Waals surface area contributed by atoms with E-state index in [4.69, 9.17) is 34.8 Å². The summed E-state index contributed by atoms with van der Waals surface area (Å²) in [5, 5.41) is 13.0. The lowest BCUT2D eigenvalue weighted by Crippen LogP contribution is -1.97. The molecule has 0 aliphatic rings. The number of hydrogen-bond acceptors (Lipinski definition) is 3. The number of thiophene rings is 1. The summed E-state index contributed by atoms with van der Waals surface area (Å²) in [5.74, 6) is -0.0990. The standard InChI is InChI=1S/C11H8Cl3NOS/c12-8-3-6(4-9(13)11(8)16)15-5-7-1-2-10(14)17-7/h1-4,15-16H,5H2. The zero-order valence-corrected chi connectivity index (χ0v) is 11.6. The summed E-state index contributed by atoms with van der Waals surface area (Å²) in [6, 6.07) is 7.04. The van der Waals surface area contributed by atoms with E-state index in [-0.39, 0.29) is 15.8 Å². The van der Waals surface area contributed by atoms with Crippen molar-refractivity contribution in [2.24, 2.45) is 0 Å². The molecule has 2 N–H and O–H groups in total. The monoisotopic (exact) mass is 307 g/mol. The van der Waals surface area contributed by atoms with Crippen molar-refractivity contribution in [1.82, 2.24) is 0 Å². The number of phenols is 1. The first kappa shape index (κ1) is 12.8. The summed E-state index contributed by atoms with van der Waals surface area (Å²) in [7, 11) is 0. The lowest BCUT2D eigenvalue weighted by molar-refractivity contribution is 0.476. The number of halogens is 3. The van der Waals surface area contributed by atoms with Crippen molar-refractivity contribution in [2.45, 2.75) is 6.54 Å². The minimum Gasteiger partial charge on any atom is -0.505 e. The molecule has 90 valence electrons. The number of phenolic OH excluding ortho intramolecular Hbond substituents is 1. The van der Waals surface area contributed by atoms with Crippen LogP contribution >= 0.6 is 46.1 Å². The van der Waals surface area contributed by atoms with Gasteiger partial charge in [-0.2, -0.15) is 0 Å². The highest BCUT2D eigenvalue weighted by Crippen LogP contribution is 2.34. The third-order valence-electron chi connectivity index (χ3n) is 2.11. The van der Waals surface area contributed by atoms with Crippen LogP contribution in [0.2, 0.25) is 14.4 Å². The smallest absolute Gasteiger partial charge is 0.152 e. The van der Waals surface area contributed by atoms with Gasteiger partial charge in [-0.3, -0.25) is 0 Å². The topological polar surface area (TPSA) is 32.3 Å². The van der Waals surface area contributed by atoms with Crippen LogP contribution in [0.3, 0.4) is 0 Å². The second-order valence-electron chi connectivity index (χ2n) is 3.35. The van der Waals surface area contributed by atoms with Gasteiger partial charge in [0.25, 0.3) is 0 Å². The highest BCUT2D eigenvalue weighted by molar-refractivity contribution is 7.16. The largest absolute Gasteiger partial charge is 0.505 e. The van der Waals surface area contributed by atoms with Gasteiger partial charge in [0, 0.05) is 17.1 Å². The number of nitrogens with one attached hydrogen (secondary N) is 1. The molecule has 1 aromatic carbocycles. The van der Waals surface area contributed by atoms with E-state index in [1.807, 2.05) is 12.1 Å². The lowest BCUT2D eigenvalue weighted by Gasteiger charge is -2.07. The normalized spacial score (nSPS) is 10.5. The van der Waals surface area contributed by atoms with Crippen molar-refractivity contribution in [3.8, 4) is 5.75 Å². The highest BCUT2D eigenvalue weighted by Gasteiger charge is 2.06. The van der Waals surface area contributed by atoms with Gasteiger partial charge in [0.15, 0.2) is 5.75 Å². The van der Waals surface area contributed by atoms with Gasteiger partial charge in [0.05, 0.1) is 14.4 Å². The molecule has 0 unspecified atom stereocenters. The van der Waals surface area contributed by atoms with E-state index in [1.165, 1.54) is 11.3 Å². The number of benzene rings is 1. The molecule has 0 bridgehead atoms. The van der Waals surface area contributed by atoms with Gasteiger partial charge >= 0.3 is 0 Å². The predicted octanol–water partition coefficient (Wildman–Crippen LogP) is 5.03. The zero-order chi connectivity index (χ0) is 12.4. The molecule has 0 fully saturated rings. The van der Waals surface area contributed by atoms with Crippen molar-refractivity contribution in [3.63, 3.8) is 0 Å². The molecule has 6 heteroatoms. The minimum absolute atomic E-state index is 0.0990. The van der Waals surface area contributed by atoms with Gasteiger partial charge in [0.1, 0.15) is 0 Å². The molecule has 0 amide bonds. The maximum Gasteiger partial charge on any atom is 0.152 e. The Kier molecular flexibility index (Phi) is 4.05. The van der Waals surface area contributed by atoms with Crippen LogP contribution in [-0.4, -0.2) is 5.11 Å². The predicted molar refractivity (Wildman–Crippen MR) is 74.8 cm³/mol. The average Bonchev–Trinajstić information content (AvgIpc) is 2.69. The van der Waals surface area contributed by atoms with Crippen LogP contribution in [0.4, 0.5) is 5.69 Å². The summed E-state index contributed by atoms with van der Waals surface area (Å²) in [6.07, 6.45) is 0. The molecule has 1 heterocycles. The Labute approximate surface area is 118 Å². The Balaban J connectivity index is 2.09. The van der Waals surface area contributed by atoms with Crippen molar-refractivity contribution < 1.29 is 5.11 Å². The molecule has 1 aromatic heterocycles. The first-order chi connectivity index (χ1) is 8.06. The fraction of sp³-hybridized carbons (Fsp3) is 0.0909. The van der Waals surface area contributed by atoms with Crippen LogP contribution in [0.5, 0.6) is 5.75 Å². The molecule has 0 aliphatic heterocycles. The molecule has 0 spiro atoms. The molecular formula is C11H8Cl3NOS. The Morgan fingerprint density at radius 1 is 1.12 bits per heavy atom. The Morgan fingerprint density at radius 2 is 1.76 bits per heavy atom. The molecule has 0 radical (unpaired) electrons. The fourth-order valence-electron chi connectivity index (χ4n) is 1.30. The Bertz CT molecular complexity index is 518. The summed E-state index contributed by atoms with van der Waals surface area (Å²) in [6.45, 7) is 0.634. The number of anilines is 1. The molecule has 0 atom stereocenters. The van der Waals surface area contributed by atoms with Crippen LogP contribution in [0.25, 0.3) is 0 Å². The van der Waals surface area contributed by atoms with E-state index in [0.717, 1.165) is 14.9 Å². The first-order valence-corrected chi connectivity index (χ1v) is 6.67. The minimum atomic E-state index is -0.0990. The average molecular weight is 309 g/mol. The number of hydrogen-bond donors (Lipinski definition) is 2. The number of rotatable bonds is 3.